The van der Waals surface area contributed by atoms with E-state index in [0.717, 1.165) is 22.5 Å². The Morgan fingerprint density at radius 3 is 2.56 bits per heavy atom. The number of ether oxygens (including phenoxy) is 1. The van der Waals surface area contributed by atoms with Crippen molar-refractivity contribution in [2.75, 3.05) is 7.11 Å². The van der Waals surface area contributed by atoms with Crippen molar-refractivity contribution in [2.24, 2.45) is 7.05 Å². The van der Waals surface area contributed by atoms with E-state index in [1.807, 2.05) is 20.9 Å². The topological polar surface area (TPSA) is 69.9 Å². The molecule has 0 N–H and O–H groups in total. The number of aryl methyl sites for hydroxylation is 3. The van der Waals surface area contributed by atoms with E-state index in [0.29, 0.717) is 0 Å². The number of esters is 1. The molecule has 2 rings (SSSR count). The van der Waals surface area contributed by atoms with Gasteiger partial charge in [0, 0.05) is 18.8 Å². The lowest BCUT2D eigenvalue weighted by Crippen LogP contribution is -2.09. The molecule has 6 heteroatoms. The van der Waals surface area contributed by atoms with Crippen molar-refractivity contribution >= 4 is 5.97 Å². The zero-order valence-electron chi connectivity index (χ0n) is 10.8. The Hall–Kier alpha value is -2.24. The van der Waals surface area contributed by atoms with Gasteiger partial charge >= 0.3 is 5.97 Å². The number of carbonyl (C=O) groups excluding carboxylic acids is 1. The van der Waals surface area contributed by atoms with Crippen LogP contribution in [0.2, 0.25) is 0 Å². The normalized spacial score (nSPS) is 10.4. The van der Waals surface area contributed by atoms with Crippen molar-refractivity contribution in [1.29, 1.82) is 0 Å². The second-order valence-electron chi connectivity index (χ2n) is 3.98. The summed E-state index contributed by atoms with van der Waals surface area (Å²) in [7, 11) is 3.16. The Morgan fingerprint density at radius 1 is 1.33 bits per heavy atom. The molecule has 0 radical (unpaired) electrons. The molecule has 6 nitrogen and oxygen atoms in total. The number of hydrogen-bond acceptors (Lipinski definition) is 5. The highest BCUT2D eigenvalue weighted by Crippen LogP contribution is 2.24. The molecule has 2 aromatic heterocycles. The van der Waals surface area contributed by atoms with Crippen molar-refractivity contribution in [3.63, 3.8) is 0 Å². The molecule has 2 aromatic rings. The van der Waals surface area contributed by atoms with Crippen molar-refractivity contribution < 1.29 is 9.53 Å². The zero-order valence-corrected chi connectivity index (χ0v) is 10.8. The molecule has 0 amide bonds. The molecular weight excluding hydrogens is 232 g/mol. The lowest BCUT2D eigenvalue weighted by molar-refractivity contribution is 0.0586. The number of nitrogens with zero attached hydrogens (tertiary/aromatic N) is 4. The molecule has 94 valence electrons. The Morgan fingerprint density at radius 2 is 2.06 bits per heavy atom. The summed E-state index contributed by atoms with van der Waals surface area (Å²) < 4.78 is 6.35. The van der Waals surface area contributed by atoms with Crippen LogP contribution in [0.1, 0.15) is 21.9 Å². The molecule has 0 saturated carbocycles. The van der Waals surface area contributed by atoms with Gasteiger partial charge in [0.2, 0.25) is 5.82 Å². The van der Waals surface area contributed by atoms with E-state index in [-0.39, 0.29) is 5.82 Å². The van der Waals surface area contributed by atoms with Crippen LogP contribution in [0.4, 0.5) is 0 Å². The maximum absolute atomic E-state index is 11.3. The summed E-state index contributed by atoms with van der Waals surface area (Å²) in [6.45, 7) is 3.80. The third-order valence-electron chi connectivity index (χ3n) is 2.72. The number of carbonyl (C=O) groups is 1. The van der Waals surface area contributed by atoms with Crippen LogP contribution >= 0.6 is 0 Å². The van der Waals surface area contributed by atoms with Gasteiger partial charge in [0.05, 0.1) is 24.7 Å². The number of methoxy groups -OCH3 is 1. The van der Waals surface area contributed by atoms with Crippen LogP contribution in [0.25, 0.3) is 11.3 Å². The van der Waals surface area contributed by atoms with Crippen molar-refractivity contribution in [2.45, 2.75) is 13.8 Å². The molecule has 0 aliphatic rings. The Balaban J connectivity index is 2.52. The predicted octanol–water partition coefficient (Wildman–Crippen LogP) is 1.28. The van der Waals surface area contributed by atoms with Gasteiger partial charge in [-0.2, -0.15) is 5.10 Å². The van der Waals surface area contributed by atoms with Gasteiger partial charge in [-0.3, -0.25) is 4.68 Å². The summed E-state index contributed by atoms with van der Waals surface area (Å²) in [5, 5.41) is 4.18. The average Bonchev–Trinajstić information content (AvgIpc) is 2.68. The highest BCUT2D eigenvalue weighted by atomic mass is 16.5. The third kappa shape index (κ3) is 1.97. The fraction of sp³-hybridized carbons (Fsp3) is 0.333. The molecular formula is C12H14N4O2. The minimum atomic E-state index is -0.536. The van der Waals surface area contributed by atoms with Gasteiger partial charge in [-0.05, 0) is 19.4 Å². The van der Waals surface area contributed by atoms with E-state index in [9.17, 15) is 4.79 Å². The van der Waals surface area contributed by atoms with Gasteiger partial charge in [-0.15, -0.1) is 0 Å². The second-order valence-corrected chi connectivity index (χ2v) is 3.98. The van der Waals surface area contributed by atoms with Gasteiger partial charge in [-0.25, -0.2) is 14.8 Å². The number of aromatic nitrogens is 4. The molecule has 0 spiro atoms. The first kappa shape index (κ1) is 12.2. The molecule has 0 aromatic carbocycles. The van der Waals surface area contributed by atoms with Gasteiger partial charge in [0.1, 0.15) is 0 Å². The van der Waals surface area contributed by atoms with Crippen LogP contribution in [0.5, 0.6) is 0 Å². The summed E-state index contributed by atoms with van der Waals surface area (Å²) in [5.74, 6) is -0.468. The molecule has 0 aliphatic carbocycles. The molecule has 2 heterocycles. The maximum Gasteiger partial charge on any atom is 0.376 e. The highest BCUT2D eigenvalue weighted by Gasteiger charge is 2.15. The number of hydrogen-bond donors (Lipinski definition) is 0. The molecule has 18 heavy (non-hydrogen) atoms. The standard InChI is InChI=1S/C12H14N4O2/c1-7-5-14-16(3)10(7)9-6-13-11(12(17)18-4)15-8(9)2/h5-6H,1-4H3. The van der Waals surface area contributed by atoms with E-state index < -0.39 is 5.97 Å². The van der Waals surface area contributed by atoms with Crippen LogP contribution in [0.15, 0.2) is 12.4 Å². The quantitative estimate of drug-likeness (QED) is 0.746. The predicted molar refractivity (Wildman–Crippen MR) is 65.0 cm³/mol. The second kappa shape index (κ2) is 4.56. The molecule has 0 fully saturated rings. The van der Waals surface area contributed by atoms with Gasteiger partial charge in [0.25, 0.3) is 0 Å². The number of rotatable bonds is 2. The first-order valence-corrected chi connectivity index (χ1v) is 5.45. The van der Waals surface area contributed by atoms with Crippen LogP contribution in [-0.4, -0.2) is 32.8 Å². The summed E-state index contributed by atoms with van der Waals surface area (Å²) in [5.41, 5.74) is 3.57. The molecule has 0 atom stereocenters. The summed E-state index contributed by atoms with van der Waals surface area (Å²) in [6.07, 6.45) is 3.40. The van der Waals surface area contributed by atoms with Crippen LogP contribution in [0.3, 0.4) is 0 Å². The van der Waals surface area contributed by atoms with Crippen LogP contribution in [0, 0.1) is 13.8 Å². The first-order chi connectivity index (χ1) is 8.54. The van der Waals surface area contributed by atoms with E-state index in [4.69, 9.17) is 0 Å². The summed E-state index contributed by atoms with van der Waals surface area (Å²) in [4.78, 5) is 19.5. The lowest BCUT2D eigenvalue weighted by atomic mass is 10.1. The van der Waals surface area contributed by atoms with Crippen molar-refractivity contribution in [3.05, 3.63) is 29.5 Å². The monoisotopic (exact) mass is 246 g/mol. The van der Waals surface area contributed by atoms with E-state index >= 15 is 0 Å². The first-order valence-electron chi connectivity index (χ1n) is 5.45. The van der Waals surface area contributed by atoms with Gasteiger partial charge in [0.15, 0.2) is 0 Å². The van der Waals surface area contributed by atoms with Crippen molar-refractivity contribution in [3.8, 4) is 11.3 Å². The SMILES string of the molecule is COC(=O)c1ncc(-c2c(C)cnn2C)c(C)n1. The zero-order chi connectivity index (χ0) is 13.3. The lowest BCUT2D eigenvalue weighted by Gasteiger charge is -2.07. The van der Waals surface area contributed by atoms with Crippen LogP contribution in [-0.2, 0) is 11.8 Å². The highest BCUT2D eigenvalue weighted by molar-refractivity contribution is 5.85. The maximum atomic E-state index is 11.3. The smallest absolute Gasteiger partial charge is 0.376 e. The Bertz CT molecular complexity index is 585. The van der Waals surface area contributed by atoms with Crippen LogP contribution < -0.4 is 0 Å². The fourth-order valence-corrected chi connectivity index (χ4v) is 1.82. The Kier molecular flexibility index (Phi) is 3.10. The van der Waals surface area contributed by atoms with E-state index in [1.165, 1.54) is 7.11 Å². The summed E-state index contributed by atoms with van der Waals surface area (Å²) >= 11 is 0. The minimum Gasteiger partial charge on any atom is -0.463 e. The molecule has 0 aliphatic heterocycles. The van der Waals surface area contributed by atoms with E-state index in [1.54, 1.807) is 17.1 Å². The largest absolute Gasteiger partial charge is 0.463 e. The average molecular weight is 246 g/mol. The summed E-state index contributed by atoms with van der Waals surface area (Å²) in [6, 6.07) is 0. The molecule has 0 unspecified atom stereocenters. The van der Waals surface area contributed by atoms with E-state index in [2.05, 4.69) is 19.8 Å². The molecule has 0 bridgehead atoms. The van der Waals surface area contributed by atoms with Crippen molar-refractivity contribution in [1.82, 2.24) is 19.7 Å². The van der Waals surface area contributed by atoms with Gasteiger partial charge < -0.3 is 4.74 Å². The minimum absolute atomic E-state index is 0.0681. The third-order valence-corrected chi connectivity index (χ3v) is 2.72. The fourth-order valence-electron chi connectivity index (χ4n) is 1.82. The molecule has 0 saturated heterocycles. The Labute approximate surface area is 105 Å². The van der Waals surface area contributed by atoms with Gasteiger partial charge in [-0.1, -0.05) is 0 Å².